The third kappa shape index (κ3) is 2.23. The van der Waals surface area contributed by atoms with E-state index in [4.69, 9.17) is 0 Å². The highest BCUT2D eigenvalue weighted by Crippen LogP contribution is 2.32. The largest absolute Gasteiger partial charge is 0.317 e. The maximum Gasteiger partial charge on any atom is 0.238 e. The van der Waals surface area contributed by atoms with Crippen molar-refractivity contribution in [2.75, 3.05) is 18.1 Å². The number of thiophene rings is 1. The van der Waals surface area contributed by atoms with Crippen LogP contribution in [0.1, 0.15) is 23.9 Å². The molecule has 17 heavy (non-hydrogen) atoms. The maximum absolute atomic E-state index is 12.0. The number of nitrogens with one attached hydrogen (secondary N) is 1. The van der Waals surface area contributed by atoms with Crippen LogP contribution in [0, 0.1) is 0 Å². The second kappa shape index (κ2) is 5.00. The molecule has 0 aromatic carbocycles. The predicted molar refractivity (Wildman–Crippen MR) is 72.3 cm³/mol. The number of thioether (sulfide) groups is 1. The van der Waals surface area contributed by atoms with Crippen LogP contribution in [-0.2, 0) is 4.79 Å². The van der Waals surface area contributed by atoms with Crippen molar-refractivity contribution < 1.29 is 4.79 Å². The average molecular weight is 268 g/mol. The molecule has 2 fully saturated rings. The van der Waals surface area contributed by atoms with E-state index in [0.717, 1.165) is 12.2 Å². The Morgan fingerprint density at radius 2 is 2.41 bits per heavy atom. The fraction of sp³-hybridized carbons (Fsp3) is 0.583. The van der Waals surface area contributed by atoms with Gasteiger partial charge in [-0.1, -0.05) is 6.07 Å². The second-order valence-corrected chi connectivity index (χ2v) is 6.60. The molecule has 2 aliphatic rings. The van der Waals surface area contributed by atoms with E-state index in [-0.39, 0.29) is 12.1 Å². The molecule has 0 radical (unpaired) electrons. The summed E-state index contributed by atoms with van der Waals surface area (Å²) in [5, 5.41) is 5.41. The zero-order chi connectivity index (χ0) is 11.7. The van der Waals surface area contributed by atoms with Gasteiger partial charge in [-0.15, -0.1) is 11.3 Å². The van der Waals surface area contributed by atoms with Crippen LogP contribution in [-0.4, -0.2) is 34.9 Å². The molecule has 0 spiro atoms. The van der Waals surface area contributed by atoms with Crippen LogP contribution in [0.25, 0.3) is 0 Å². The molecule has 1 N–H and O–H groups in total. The van der Waals surface area contributed by atoms with Crippen molar-refractivity contribution in [3.8, 4) is 0 Å². The van der Waals surface area contributed by atoms with Gasteiger partial charge in [0.25, 0.3) is 0 Å². The van der Waals surface area contributed by atoms with Crippen LogP contribution in [0.2, 0.25) is 0 Å². The van der Waals surface area contributed by atoms with E-state index in [0.29, 0.717) is 12.6 Å². The summed E-state index contributed by atoms with van der Waals surface area (Å²) >= 11 is 3.70. The van der Waals surface area contributed by atoms with Crippen molar-refractivity contribution in [3.05, 3.63) is 22.4 Å². The summed E-state index contributed by atoms with van der Waals surface area (Å²) in [5.41, 5.74) is 0. The smallest absolute Gasteiger partial charge is 0.238 e. The second-order valence-electron chi connectivity index (χ2n) is 4.47. The standard InChI is InChI=1S/C12H16N2OS2/c15-11-7-13-12(10-4-2-6-17-10)14(11)9-3-1-5-16-8-9/h2,4,6,9,12-13H,1,3,5,7-8H2. The Morgan fingerprint density at radius 1 is 1.47 bits per heavy atom. The lowest BCUT2D eigenvalue weighted by molar-refractivity contribution is -0.130. The maximum atomic E-state index is 12.0. The van der Waals surface area contributed by atoms with E-state index in [2.05, 4.69) is 27.7 Å². The number of hydrogen-bond acceptors (Lipinski definition) is 4. The molecule has 92 valence electrons. The normalized spacial score (nSPS) is 29.9. The molecule has 2 atom stereocenters. The van der Waals surface area contributed by atoms with E-state index >= 15 is 0 Å². The van der Waals surface area contributed by atoms with Gasteiger partial charge < -0.3 is 4.90 Å². The van der Waals surface area contributed by atoms with Crippen LogP contribution in [0.4, 0.5) is 0 Å². The highest BCUT2D eigenvalue weighted by Gasteiger charge is 2.37. The third-order valence-corrected chi connectivity index (χ3v) is 5.48. The molecule has 1 amide bonds. The molecule has 3 heterocycles. The summed E-state index contributed by atoms with van der Waals surface area (Å²) in [6, 6.07) is 4.59. The zero-order valence-electron chi connectivity index (χ0n) is 9.59. The topological polar surface area (TPSA) is 32.3 Å². The van der Waals surface area contributed by atoms with E-state index in [1.54, 1.807) is 11.3 Å². The van der Waals surface area contributed by atoms with Gasteiger partial charge in [-0.25, -0.2) is 0 Å². The monoisotopic (exact) mass is 268 g/mol. The molecule has 0 bridgehead atoms. The molecule has 0 aliphatic carbocycles. The van der Waals surface area contributed by atoms with Gasteiger partial charge in [-0.2, -0.15) is 11.8 Å². The lowest BCUT2D eigenvalue weighted by Gasteiger charge is -2.34. The first kappa shape index (κ1) is 11.6. The van der Waals surface area contributed by atoms with Crippen molar-refractivity contribution in [1.82, 2.24) is 10.2 Å². The van der Waals surface area contributed by atoms with E-state index < -0.39 is 0 Å². The first-order valence-corrected chi connectivity index (χ1v) is 8.05. The molecule has 1 aromatic heterocycles. The Bertz CT molecular complexity index is 387. The minimum absolute atomic E-state index is 0.117. The summed E-state index contributed by atoms with van der Waals surface area (Å²) in [6.45, 7) is 0.490. The Hall–Kier alpha value is -0.520. The molecule has 3 nitrogen and oxygen atoms in total. The first-order chi connectivity index (χ1) is 8.36. The highest BCUT2D eigenvalue weighted by molar-refractivity contribution is 7.99. The fourth-order valence-electron chi connectivity index (χ4n) is 2.56. The molecule has 1 aromatic rings. The van der Waals surface area contributed by atoms with Gasteiger partial charge in [0.05, 0.1) is 6.54 Å². The number of nitrogens with zero attached hydrogens (tertiary/aromatic N) is 1. The summed E-state index contributed by atoms with van der Waals surface area (Å²) in [4.78, 5) is 15.4. The van der Waals surface area contributed by atoms with Gasteiger partial charge in [-0.05, 0) is 30.0 Å². The van der Waals surface area contributed by atoms with Crippen molar-refractivity contribution in [2.24, 2.45) is 0 Å². The molecule has 2 unspecified atom stereocenters. The summed E-state index contributed by atoms with van der Waals surface area (Å²) in [5.74, 6) is 2.60. The predicted octanol–water partition coefficient (Wildman–Crippen LogP) is 2.07. The molecule has 2 saturated heterocycles. The van der Waals surface area contributed by atoms with Crippen molar-refractivity contribution in [2.45, 2.75) is 25.0 Å². The molecule has 3 rings (SSSR count). The fourth-order valence-corrected chi connectivity index (χ4v) is 4.49. The van der Waals surface area contributed by atoms with Crippen LogP contribution < -0.4 is 5.32 Å². The van der Waals surface area contributed by atoms with Crippen molar-refractivity contribution in [3.63, 3.8) is 0 Å². The summed E-state index contributed by atoms with van der Waals surface area (Å²) in [6.07, 6.45) is 2.50. The van der Waals surface area contributed by atoms with Crippen molar-refractivity contribution in [1.29, 1.82) is 0 Å². The van der Waals surface area contributed by atoms with Gasteiger partial charge in [0.2, 0.25) is 5.91 Å². The lowest BCUT2D eigenvalue weighted by atomic mass is 10.1. The number of carbonyl (C=O) groups excluding carboxylic acids is 1. The van der Waals surface area contributed by atoms with Crippen LogP contribution in [0.15, 0.2) is 17.5 Å². The Kier molecular flexibility index (Phi) is 3.40. The van der Waals surface area contributed by atoms with Crippen LogP contribution in [0.5, 0.6) is 0 Å². The number of rotatable bonds is 2. The quantitative estimate of drug-likeness (QED) is 0.891. The Labute approximate surface area is 110 Å². The molecular weight excluding hydrogens is 252 g/mol. The van der Waals surface area contributed by atoms with Gasteiger partial charge in [0.15, 0.2) is 0 Å². The minimum Gasteiger partial charge on any atom is -0.317 e. The van der Waals surface area contributed by atoms with Crippen LogP contribution in [0.3, 0.4) is 0 Å². The molecular formula is C12H16N2OS2. The van der Waals surface area contributed by atoms with Gasteiger partial charge in [0.1, 0.15) is 6.17 Å². The van der Waals surface area contributed by atoms with Gasteiger partial charge in [0, 0.05) is 16.7 Å². The number of carbonyl (C=O) groups is 1. The zero-order valence-corrected chi connectivity index (χ0v) is 11.2. The molecule has 0 saturated carbocycles. The molecule has 2 aliphatic heterocycles. The highest BCUT2D eigenvalue weighted by atomic mass is 32.2. The van der Waals surface area contributed by atoms with E-state index in [9.17, 15) is 4.79 Å². The first-order valence-electron chi connectivity index (χ1n) is 6.02. The van der Waals surface area contributed by atoms with E-state index in [1.165, 1.54) is 17.1 Å². The Morgan fingerprint density at radius 3 is 3.12 bits per heavy atom. The van der Waals surface area contributed by atoms with Gasteiger partial charge >= 0.3 is 0 Å². The van der Waals surface area contributed by atoms with Gasteiger partial charge in [-0.3, -0.25) is 10.1 Å². The third-order valence-electron chi connectivity index (χ3n) is 3.36. The van der Waals surface area contributed by atoms with E-state index in [1.807, 2.05) is 11.8 Å². The number of hydrogen-bond donors (Lipinski definition) is 1. The SMILES string of the molecule is O=C1CNC(c2cccs2)N1C1CCCSC1. The number of amides is 1. The Balaban J connectivity index is 1.81. The summed E-state index contributed by atoms with van der Waals surface area (Å²) in [7, 11) is 0. The summed E-state index contributed by atoms with van der Waals surface area (Å²) < 4.78 is 0. The minimum atomic E-state index is 0.117. The van der Waals surface area contributed by atoms with Crippen molar-refractivity contribution >= 4 is 29.0 Å². The lowest BCUT2D eigenvalue weighted by Crippen LogP contribution is -2.42. The molecule has 5 heteroatoms. The average Bonchev–Trinajstić information content (AvgIpc) is 2.98. The van der Waals surface area contributed by atoms with Crippen LogP contribution >= 0.6 is 23.1 Å².